The van der Waals surface area contributed by atoms with Crippen LogP contribution in [-0.4, -0.2) is 78.3 Å². The number of rotatable bonds is 8. The van der Waals surface area contributed by atoms with Crippen molar-refractivity contribution in [3.05, 3.63) is 35.5 Å². The Morgan fingerprint density at radius 3 is 2.79 bits per heavy atom. The number of nitrogens with one attached hydrogen (secondary N) is 3. The molecular formula is C25H35N5O3. The van der Waals surface area contributed by atoms with Crippen LogP contribution in [0.4, 0.5) is 4.79 Å². The second-order valence-electron chi connectivity index (χ2n) is 9.46. The summed E-state index contributed by atoms with van der Waals surface area (Å²) in [5, 5.41) is 7.69. The predicted octanol–water partition coefficient (Wildman–Crippen LogP) is 2.25. The van der Waals surface area contributed by atoms with Gasteiger partial charge in [0.2, 0.25) is 5.91 Å². The van der Waals surface area contributed by atoms with Crippen LogP contribution in [0.1, 0.15) is 43.7 Å². The van der Waals surface area contributed by atoms with Gasteiger partial charge in [-0.15, -0.1) is 0 Å². The zero-order valence-electron chi connectivity index (χ0n) is 19.8. The number of likely N-dealkylation sites (N-methyl/N-ethyl adjacent to an activating group) is 1. The summed E-state index contributed by atoms with van der Waals surface area (Å²) in [6.45, 7) is 5.83. The molecule has 1 aromatic carbocycles. The topological polar surface area (TPSA) is 97.5 Å². The second-order valence-corrected chi connectivity index (χ2v) is 9.46. The number of hydrogen-bond donors (Lipinski definition) is 3. The van der Waals surface area contributed by atoms with Crippen molar-refractivity contribution in [3.63, 3.8) is 0 Å². The SMILES string of the molecule is CCNC(=O)N(CCCN(C)CC(C)=O)C(=O)C1CN[C@@H]2Cc3c[nH]c4cccc(c34)[C@H]2C1. The van der Waals surface area contributed by atoms with Crippen molar-refractivity contribution in [2.45, 2.75) is 45.1 Å². The summed E-state index contributed by atoms with van der Waals surface area (Å²) in [7, 11) is 1.88. The third-order valence-corrected chi connectivity index (χ3v) is 6.91. The molecule has 1 saturated heterocycles. The molecule has 1 unspecified atom stereocenters. The minimum absolute atomic E-state index is 0.102. The Morgan fingerprint density at radius 2 is 2.03 bits per heavy atom. The van der Waals surface area contributed by atoms with E-state index in [1.54, 1.807) is 6.92 Å². The molecule has 0 spiro atoms. The predicted molar refractivity (Wildman–Crippen MR) is 128 cm³/mol. The Balaban J connectivity index is 1.47. The van der Waals surface area contributed by atoms with Crippen molar-refractivity contribution in [2.24, 2.45) is 5.92 Å². The first kappa shape index (κ1) is 23.4. The summed E-state index contributed by atoms with van der Waals surface area (Å²) >= 11 is 0. The number of amides is 3. The first-order valence-corrected chi connectivity index (χ1v) is 12.0. The van der Waals surface area contributed by atoms with Crippen LogP contribution in [0, 0.1) is 5.92 Å². The summed E-state index contributed by atoms with van der Waals surface area (Å²) in [4.78, 5) is 44.3. The molecule has 0 radical (unpaired) electrons. The van der Waals surface area contributed by atoms with Gasteiger partial charge in [-0.1, -0.05) is 12.1 Å². The van der Waals surface area contributed by atoms with Gasteiger partial charge < -0.3 is 15.6 Å². The number of H-pyrrole nitrogens is 1. The maximum atomic E-state index is 13.5. The monoisotopic (exact) mass is 453 g/mol. The lowest BCUT2D eigenvalue weighted by atomic mass is 9.73. The minimum Gasteiger partial charge on any atom is -0.361 e. The standard InChI is InChI=1S/C25H35N5O3/c1-4-26-25(33)30(10-6-9-29(3)15-16(2)31)24(32)18-11-20-19-7-5-8-21-23(19)17(13-27-21)12-22(20)28-14-18/h5,7-8,13,18,20,22,27-28H,4,6,9-12,14-15H2,1-3H3,(H,26,33)/t18?,20-,22-/m1/s1. The zero-order valence-corrected chi connectivity index (χ0v) is 19.8. The van der Waals surface area contributed by atoms with Crippen LogP contribution < -0.4 is 10.6 Å². The van der Waals surface area contributed by atoms with Gasteiger partial charge in [0, 0.05) is 48.7 Å². The highest BCUT2D eigenvalue weighted by Crippen LogP contribution is 2.42. The van der Waals surface area contributed by atoms with E-state index in [0.717, 1.165) is 18.4 Å². The van der Waals surface area contributed by atoms with Crippen LogP contribution in [0.15, 0.2) is 24.4 Å². The van der Waals surface area contributed by atoms with E-state index in [1.165, 1.54) is 21.4 Å². The quantitative estimate of drug-likeness (QED) is 0.570. The van der Waals surface area contributed by atoms with Crippen LogP contribution in [0.3, 0.4) is 0 Å². The molecule has 1 aromatic heterocycles. The molecule has 1 aliphatic carbocycles. The van der Waals surface area contributed by atoms with E-state index >= 15 is 0 Å². The van der Waals surface area contributed by atoms with E-state index in [0.29, 0.717) is 45.2 Å². The summed E-state index contributed by atoms with van der Waals surface area (Å²) in [6.07, 6.45) is 4.42. The third kappa shape index (κ3) is 4.96. The fourth-order valence-electron chi connectivity index (χ4n) is 5.47. The Bertz CT molecular complexity index is 1030. The molecular weight excluding hydrogens is 418 g/mol. The van der Waals surface area contributed by atoms with Gasteiger partial charge in [0.1, 0.15) is 5.78 Å². The highest BCUT2D eigenvalue weighted by molar-refractivity contribution is 5.96. The Hall–Kier alpha value is -2.71. The normalized spacial score (nSPS) is 21.6. The van der Waals surface area contributed by atoms with E-state index in [4.69, 9.17) is 0 Å². The Labute approximate surface area is 195 Å². The average molecular weight is 454 g/mol. The summed E-state index contributed by atoms with van der Waals surface area (Å²) in [5.74, 6) is -0.0183. The van der Waals surface area contributed by atoms with E-state index in [9.17, 15) is 14.4 Å². The van der Waals surface area contributed by atoms with Crippen molar-refractivity contribution < 1.29 is 14.4 Å². The van der Waals surface area contributed by atoms with Gasteiger partial charge in [-0.2, -0.15) is 0 Å². The van der Waals surface area contributed by atoms with Gasteiger partial charge in [0.15, 0.2) is 0 Å². The van der Waals surface area contributed by atoms with E-state index in [-0.39, 0.29) is 29.6 Å². The molecule has 3 atom stereocenters. The maximum absolute atomic E-state index is 13.5. The number of piperidine rings is 1. The number of imide groups is 1. The summed E-state index contributed by atoms with van der Waals surface area (Å²) < 4.78 is 0. The van der Waals surface area contributed by atoms with Gasteiger partial charge in [0.05, 0.1) is 12.5 Å². The van der Waals surface area contributed by atoms with Crippen molar-refractivity contribution in [3.8, 4) is 0 Å². The van der Waals surface area contributed by atoms with Crippen LogP contribution in [0.2, 0.25) is 0 Å². The van der Waals surface area contributed by atoms with E-state index in [2.05, 4.69) is 40.0 Å². The highest BCUT2D eigenvalue weighted by Gasteiger charge is 2.40. The fourth-order valence-corrected chi connectivity index (χ4v) is 5.47. The highest BCUT2D eigenvalue weighted by atomic mass is 16.2. The molecule has 2 aliphatic rings. The Kier molecular flexibility index (Phi) is 7.14. The van der Waals surface area contributed by atoms with Gasteiger partial charge in [-0.05, 0) is 63.9 Å². The summed E-state index contributed by atoms with van der Waals surface area (Å²) in [6, 6.07) is 6.32. The average Bonchev–Trinajstić information content (AvgIpc) is 3.20. The molecule has 1 fully saturated rings. The van der Waals surface area contributed by atoms with Crippen LogP contribution in [0.5, 0.6) is 0 Å². The number of urea groups is 1. The van der Waals surface area contributed by atoms with Crippen molar-refractivity contribution in [2.75, 3.05) is 39.8 Å². The van der Waals surface area contributed by atoms with Gasteiger partial charge in [0.25, 0.3) is 0 Å². The van der Waals surface area contributed by atoms with Crippen molar-refractivity contribution in [1.29, 1.82) is 0 Å². The number of aromatic nitrogens is 1. The number of carbonyl (C=O) groups is 3. The van der Waals surface area contributed by atoms with Gasteiger partial charge >= 0.3 is 6.03 Å². The number of hydrogen-bond acceptors (Lipinski definition) is 5. The lowest BCUT2D eigenvalue weighted by Crippen LogP contribution is -2.54. The van der Waals surface area contributed by atoms with E-state index < -0.39 is 0 Å². The van der Waals surface area contributed by atoms with Crippen molar-refractivity contribution >= 4 is 28.6 Å². The number of aromatic amines is 1. The zero-order chi connectivity index (χ0) is 23.5. The number of benzene rings is 1. The molecule has 0 saturated carbocycles. The number of fused-ring (bicyclic) bond motifs is 2. The summed E-state index contributed by atoms with van der Waals surface area (Å²) in [5.41, 5.74) is 3.77. The van der Waals surface area contributed by atoms with Crippen LogP contribution in [0.25, 0.3) is 10.9 Å². The Morgan fingerprint density at radius 1 is 1.21 bits per heavy atom. The third-order valence-electron chi connectivity index (χ3n) is 6.91. The molecule has 2 aromatic rings. The smallest absolute Gasteiger partial charge is 0.324 e. The lowest BCUT2D eigenvalue weighted by molar-refractivity contribution is -0.133. The lowest BCUT2D eigenvalue weighted by Gasteiger charge is -2.40. The molecule has 33 heavy (non-hydrogen) atoms. The number of ketones is 1. The molecule has 8 nitrogen and oxygen atoms in total. The van der Waals surface area contributed by atoms with Gasteiger partial charge in [-0.3, -0.25) is 19.4 Å². The molecule has 178 valence electrons. The number of Topliss-reactive ketones (excluding diaryl/α,β-unsaturated/α-hetero) is 1. The maximum Gasteiger partial charge on any atom is 0.324 e. The van der Waals surface area contributed by atoms with Crippen LogP contribution in [-0.2, 0) is 16.0 Å². The second kappa shape index (κ2) is 10.1. The molecule has 4 rings (SSSR count). The largest absolute Gasteiger partial charge is 0.361 e. The van der Waals surface area contributed by atoms with Crippen LogP contribution >= 0.6 is 0 Å². The van der Waals surface area contributed by atoms with Gasteiger partial charge in [-0.25, -0.2) is 4.79 Å². The number of nitrogens with zero attached hydrogens (tertiary/aromatic N) is 2. The molecule has 8 heteroatoms. The molecule has 0 bridgehead atoms. The molecule has 1 aliphatic heterocycles. The molecule has 3 amide bonds. The minimum atomic E-state index is -0.336. The van der Waals surface area contributed by atoms with Crippen molar-refractivity contribution in [1.82, 2.24) is 25.4 Å². The molecule has 3 N–H and O–H groups in total. The first-order valence-electron chi connectivity index (χ1n) is 12.0. The fraction of sp³-hybridized carbons (Fsp3) is 0.560. The number of carbonyl (C=O) groups excluding carboxylic acids is 3. The van der Waals surface area contributed by atoms with E-state index in [1.807, 2.05) is 18.9 Å². The molecule has 2 heterocycles. The first-order chi connectivity index (χ1) is 15.9.